The third-order valence-electron chi connectivity index (χ3n) is 4.10. The number of hydrogen-bond acceptors (Lipinski definition) is 4. The molecule has 1 aliphatic rings. The van der Waals surface area contributed by atoms with Crippen molar-refractivity contribution in [1.82, 2.24) is 4.90 Å². The van der Waals surface area contributed by atoms with Crippen LogP contribution in [0.5, 0.6) is 5.75 Å². The van der Waals surface area contributed by atoms with E-state index in [4.69, 9.17) is 14.6 Å². The zero-order chi connectivity index (χ0) is 15.9. The first kappa shape index (κ1) is 16.8. The highest BCUT2D eigenvalue weighted by Crippen LogP contribution is 2.23. The zero-order valence-electron chi connectivity index (χ0n) is 13.4. The Labute approximate surface area is 131 Å². The first-order valence-corrected chi connectivity index (χ1v) is 7.88. The smallest absolute Gasteiger partial charge is 0.335 e. The minimum Gasteiger partial charge on any atom is -0.496 e. The highest BCUT2D eigenvalue weighted by atomic mass is 16.5. The number of ether oxygens (including phenoxy) is 2. The van der Waals surface area contributed by atoms with Crippen molar-refractivity contribution in [3.8, 4) is 5.75 Å². The van der Waals surface area contributed by atoms with Gasteiger partial charge in [0.2, 0.25) is 0 Å². The highest BCUT2D eigenvalue weighted by Gasteiger charge is 2.18. The minimum absolute atomic E-state index is 0.280. The molecule has 2 rings (SSSR count). The number of methoxy groups -OCH3 is 1. The zero-order valence-corrected chi connectivity index (χ0v) is 13.4. The van der Waals surface area contributed by atoms with Gasteiger partial charge in [0.05, 0.1) is 18.8 Å². The maximum Gasteiger partial charge on any atom is 0.335 e. The lowest BCUT2D eigenvalue weighted by molar-refractivity contribution is -0.00634. The van der Waals surface area contributed by atoms with Crippen molar-refractivity contribution in [3.05, 3.63) is 29.3 Å². The molecule has 122 valence electrons. The molecule has 0 bridgehead atoms. The Kier molecular flexibility index (Phi) is 6.21. The molecule has 1 saturated heterocycles. The molecule has 1 aliphatic heterocycles. The number of benzene rings is 1. The van der Waals surface area contributed by atoms with Crippen molar-refractivity contribution in [2.24, 2.45) is 0 Å². The van der Waals surface area contributed by atoms with Crippen molar-refractivity contribution >= 4 is 5.97 Å². The van der Waals surface area contributed by atoms with Gasteiger partial charge in [-0.2, -0.15) is 0 Å². The van der Waals surface area contributed by atoms with E-state index in [0.29, 0.717) is 12.1 Å². The molecule has 0 radical (unpaired) electrons. The summed E-state index contributed by atoms with van der Waals surface area (Å²) in [7, 11) is 1.61. The minimum atomic E-state index is -0.914. The van der Waals surface area contributed by atoms with E-state index in [1.165, 1.54) is 6.42 Å². The van der Waals surface area contributed by atoms with Gasteiger partial charge in [-0.05, 0) is 44.0 Å². The van der Waals surface area contributed by atoms with Crippen LogP contribution in [0.1, 0.15) is 42.1 Å². The van der Waals surface area contributed by atoms with Gasteiger partial charge in [-0.3, -0.25) is 4.90 Å². The first-order valence-electron chi connectivity index (χ1n) is 7.88. The molecule has 0 spiro atoms. The molecule has 1 aromatic carbocycles. The van der Waals surface area contributed by atoms with Gasteiger partial charge in [0, 0.05) is 25.3 Å². The van der Waals surface area contributed by atoms with E-state index in [9.17, 15) is 4.79 Å². The van der Waals surface area contributed by atoms with Crippen LogP contribution in [0.25, 0.3) is 0 Å². The van der Waals surface area contributed by atoms with Crippen molar-refractivity contribution in [1.29, 1.82) is 0 Å². The van der Waals surface area contributed by atoms with Crippen LogP contribution in [0.2, 0.25) is 0 Å². The second kappa shape index (κ2) is 8.15. The summed E-state index contributed by atoms with van der Waals surface area (Å²) in [4.78, 5) is 13.4. The van der Waals surface area contributed by atoms with E-state index in [1.54, 1.807) is 25.3 Å². The van der Waals surface area contributed by atoms with E-state index in [0.717, 1.165) is 43.9 Å². The van der Waals surface area contributed by atoms with Gasteiger partial charge in [-0.15, -0.1) is 0 Å². The predicted molar refractivity (Wildman–Crippen MR) is 84.5 cm³/mol. The largest absolute Gasteiger partial charge is 0.496 e. The van der Waals surface area contributed by atoms with Crippen LogP contribution in [0, 0.1) is 0 Å². The van der Waals surface area contributed by atoms with Gasteiger partial charge in [0.15, 0.2) is 0 Å². The lowest BCUT2D eigenvalue weighted by Crippen LogP contribution is -2.35. The molecule has 5 heteroatoms. The lowest BCUT2D eigenvalue weighted by Gasteiger charge is -2.29. The molecule has 1 fully saturated rings. The Morgan fingerprint density at radius 2 is 2.27 bits per heavy atom. The Balaban J connectivity index is 2.08. The van der Waals surface area contributed by atoms with E-state index in [-0.39, 0.29) is 6.10 Å². The van der Waals surface area contributed by atoms with Gasteiger partial charge in [-0.25, -0.2) is 4.79 Å². The van der Waals surface area contributed by atoms with E-state index in [1.807, 2.05) is 0 Å². The van der Waals surface area contributed by atoms with Crippen molar-refractivity contribution in [3.63, 3.8) is 0 Å². The molecule has 1 atom stereocenters. The fraction of sp³-hybridized carbons (Fsp3) is 0.588. The second-order valence-electron chi connectivity index (χ2n) is 5.65. The summed E-state index contributed by atoms with van der Waals surface area (Å²) in [6.07, 6.45) is 3.75. The molecule has 1 N–H and O–H groups in total. The third kappa shape index (κ3) is 4.45. The van der Waals surface area contributed by atoms with Gasteiger partial charge >= 0.3 is 5.97 Å². The highest BCUT2D eigenvalue weighted by molar-refractivity contribution is 5.88. The number of likely N-dealkylation sites (N-methyl/N-ethyl adjacent to an activating group) is 1. The first-order chi connectivity index (χ1) is 10.6. The molecule has 1 heterocycles. The molecule has 0 amide bonds. The normalized spacial score (nSPS) is 18.4. The summed E-state index contributed by atoms with van der Waals surface area (Å²) in [6.45, 7) is 5.38. The van der Waals surface area contributed by atoms with Crippen molar-refractivity contribution in [2.75, 3.05) is 26.8 Å². The average Bonchev–Trinajstić information content (AvgIpc) is 2.55. The molecule has 0 aliphatic carbocycles. The van der Waals surface area contributed by atoms with E-state index >= 15 is 0 Å². The number of carbonyl (C=O) groups is 1. The number of hydrogen-bond donors (Lipinski definition) is 1. The topological polar surface area (TPSA) is 59.0 Å². The predicted octanol–water partition coefficient (Wildman–Crippen LogP) is 2.78. The Bertz CT molecular complexity index is 497. The molecule has 1 aromatic rings. The molecule has 0 aromatic heterocycles. The monoisotopic (exact) mass is 307 g/mol. The fourth-order valence-corrected chi connectivity index (χ4v) is 2.82. The number of nitrogens with zero attached hydrogens (tertiary/aromatic N) is 1. The number of carboxylic acids is 1. The second-order valence-corrected chi connectivity index (χ2v) is 5.65. The Morgan fingerprint density at radius 1 is 1.45 bits per heavy atom. The summed E-state index contributed by atoms with van der Waals surface area (Å²) in [5.41, 5.74) is 1.20. The summed E-state index contributed by atoms with van der Waals surface area (Å²) in [6, 6.07) is 5.00. The summed E-state index contributed by atoms with van der Waals surface area (Å²) < 4.78 is 11.2. The summed E-state index contributed by atoms with van der Waals surface area (Å²) in [5, 5.41) is 9.15. The average molecular weight is 307 g/mol. The van der Waals surface area contributed by atoms with Gasteiger partial charge in [-0.1, -0.05) is 6.92 Å². The standard InChI is InChI=1S/C17H25NO4/c1-3-18(12-15-6-4-5-9-22-15)11-14-10-13(17(19)20)7-8-16(14)21-2/h7-8,10,15H,3-6,9,11-12H2,1-2H3,(H,19,20). The SMILES string of the molecule is CCN(Cc1cc(C(=O)O)ccc1OC)CC1CCCCO1. The molecule has 1 unspecified atom stereocenters. The quantitative estimate of drug-likeness (QED) is 0.839. The van der Waals surface area contributed by atoms with Gasteiger partial charge in [0.25, 0.3) is 0 Å². The van der Waals surface area contributed by atoms with E-state index in [2.05, 4.69) is 11.8 Å². The maximum absolute atomic E-state index is 11.2. The van der Waals surface area contributed by atoms with Crippen LogP contribution in [-0.2, 0) is 11.3 Å². The Hall–Kier alpha value is -1.59. The van der Waals surface area contributed by atoms with Crippen LogP contribution in [0.3, 0.4) is 0 Å². The van der Waals surface area contributed by atoms with Crippen LogP contribution in [0.4, 0.5) is 0 Å². The molecular weight excluding hydrogens is 282 g/mol. The molecule has 22 heavy (non-hydrogen) atoms. The summed E-state index contributed by atoms with van der Waals surface area (Å²) >= 11 is 0. The van der Waals surface area contributed by atoms with Gasteiger partial charge < -0.3 is 14.6 Å². The molecular formula is C17H25NO4. The number of rotatable bonds is 7. The van der Waals surface area contributed by atoms with Crippen LogP contribution >= 0.6 is 0 Å². The van der Waals surface area contributed by atoms with Crippen LogP contribution in [0.15, 0.2) is 18.2 Å². The number of aromatic carboxylic acids is 1. The van der Waals surface area contributed by atoms with Crippen molar-refractivity contribution in [2.45, 2.75) is 38.8 Å². The van der Waals surface area contributed by atoms with E-state index < -0.39 is 5.97 Å². The maximum atomic E-state index is 11.2. The van der Waals surface area contributed by atoms with Crippen LogP contribution < -0.4 is 4.74 Å². The number of carboxylic acid groups (broad SMARTS) is 1. The lowest BCUT2D eigenvalue weighted by atomic mass is 10.1. The Morgan fingerprint density at radius 3 is 2.86 bits per heavy atom. The van der Waals surface area contributed by atoms with Gasteiger partial charge in [0.1, 0.15) is 5.75 Å². The molecule has 0 saturated carbocycles. The summed E-state index contributed by atoms with van der Waals surface area (Å²) in [5.74, 6) is -0.185. The fourth-order valence-electron chi connectivity index (χ4n) is 2.82. The molecule has 5 nitrogen and oxygen atoms in total. The van der Waals surface area contributed by atoms with Crippen LogP contribution in [-0.4, -0.2) is 48.9 Å². The van der Waals surface area contributed by atoms with Crippen molar-refractivity contribution < 1.29 is 19.4 Å². The third-order valence-corrected chi connectivity index (χ3v) is 4.10.